The maximum Gasteiger partial charge on any atom is 0.469 e. The van der Waals surface area contributed by atoms with E-state index < -0.39 is 66.2 Å². The van der Waals surface area contributed by atoms with Gasteiger partial charge in [0.2, 0.25) is 5.91 Å². The van der Waals surface area contributed by atoms with Gasteiger partial charge < -0.3 is 20.4 Å². The number of phosphoric ester groups is 1. The minimum atomic E-state index is -5.23. The van der Waals surface area contributed by atoms with Crippen LogP contribution in [0.25, 0.3) is 10.4 Å². The number of Topliss-reactive ketones (excluding diaryl/α,β-unsaturated/α-hetero) is 1. The Kier molecular flexibility index (Phi) is 8.95. The van der Waals surface area contributed by atoms with Crippen LogP contribution in [0.5, 0.6) is 0 Å². The van der Waals surface area contributed by atoms with Crippen LogP contribution in [-0.2, 0) is 13.9 Å². The van der Waals surface area contributed by atoms with Crippen LogP contribution < -0.4 is 5.73 Å². The van der Waals surface area contributed by atoms with E-state index in [2.05, 4.69) is 14.5 Å². The molecule has 1 saturated heterocycles. The summed E-state index contributed by atoms with van der Waals surface area (Å²) >= 11 is 0. The van der Waals surface area contributed by atoms with Gasteiger partial charge in [0.1, 0.15) is 11.7 Å². The molecule has 0 saturated carbocycles. The van der Waals surface area contributed by atoms with Crippen LogP contribution in [0.15, 0.2) is 5.11 Å². The number of carbonyl (C=O) groups is 2. The number of ketones is 1. The van der Waals surface area contributed by atoms with Gasteiger partial charge in [-0.2, -0.15) is 0 Å². The zero-order chi connectivity index (χ0) is 24.9. The molecule has 0 radical (unpaired) electrons. The van der Waals surface area contributed by atoms with Crippen LogP contribution in [0, 0.1) is 23.3 Å². The summed E-state index contributed by atoms with van der Waals surface area (Å²) in [5.41, 5.74) is 10.3. The molecule has 2 rings (SSSR count). The highest BCUT2D eigenvalue weighted by molar-refractivity contribution is 7.46. The van der Waals surface area contributed by atoms with Gasteiger partial charge in [-0.1, -0.05) is 11.5 Å². The van der Waals surface area contributed by atoms with Crippen molar-refractivity contribution in [2.24, 2.45) is 10.8 Å². The first-order valence-electron chi connectivity index (χ1n) is 9.63. The van der Waals surface area contributed by atoms with E-state index in [1.807, 2.05) is 0 Å². The Morgan fingerprint density at radius 3 is 2.27 bits per heavy atom. The maximum atomic E-state index is 14.5. The van der Waals surface area contributed by atoms with Gasteiger partial charge in [-0.3, -0.25) is 14.1 Å². The number of unbranched alkanes of at least 4 members (excludes halogenated alkanes) is 2. The second-order valence-electron chi connectivity index (χ2n) is 7.09. The molecular weight excluding hydrogens is 477 g/mol. The lowest BCUT2D eigenvalue weighted by Crippen LogP contribution is -2.46. The summed E-state index contributed by atoms with van der Waals surface area (Å²) in [6, 6.07) is -1.98. The number of hydrogen-bond donors (Lipinski definition) is 3. The van der Waals surface area contributed by atoms with Crippen molar-refractivity contribution in [1.29, 1.82) is 0 Å². The number of carbonyl (C=O) groups excluding carboxylic acids is 2. The predicted octanol–water partition coefficient (Wildman–Crippen LogP) is 2.97. The number of nitrogens with zero attached hydrogens (tertiary/aromatic N) is 4. The average molecular weight is 497 g/mol. The zero-order valence-corrected chi connectivity index (χ0v) is 17.9. The number of likely N-dealkylation sites (tertiary alicyclic amines) is 1. The van der Waals surface area contributed by atoms with Gasteiger partial charge in [0.05, 0.1) is 11.7 Å². The fourth-order valence-corrected chi connectivity index (χ4v) is 4.07. The molecule has 2 atom stereocenters. The van der Waals surface area contributed by atoms with Gasteiger partial charge in [-0.25, -0.2) is 22.1 Å². The number of hydrogen-bond acceptors (Lipinski definition) is 6. The van der Waals surface area contributed by atoms with E-state index in [0.29, 0.717) is 25.8 Å². The molecule has 33 heavy (non-hydrogen) atoms. The summed E-state index contributed by atoms with van der Waals surface area (Å²) in [4.78, 5) is 46.7. The van der Waals surface area contributed by atoms with E-state index in [1.165, 1.54) is 0 Å². The van der Waals surface area contributed by atoms with Crippen LogP contribution in [0.4, 0.5) is 23.2 Å². The molecule has 1 fully saturated rings. The van der Waals surface area contributed by atoms with E-state index in [1.54, 1.807) is 0 Å². The first-order chi connectivity index (χ1) is 15.4. The summed E-state index contributed by atoms with van der Waals surface area (Å²) in [6.45, 7) is 0.0978. The lowest BCUT2D eigenvalue weighted by molar-refractivity contribution is -0.132. The Morgan fingerprint density at radius 1 is 1.15 bits per heavy atom. The maximum absolute atomic E-state index is 14.5. The fourth-order valence-electron chi connectivity index (χ4n) is 3.50. The standard InChI is InChI=1S/C17H20F4N5O6P/c18-11-10(12(19)14(21)15(13(11)20)24-25-23)17(28)16-8(32-33(29,30)31)5-7-26(16)9(27)4-2-1-3-6-22/h8,16H,1-7,22H2,(H2,29,30,31)/t8?,16-/m0/s1. The van der Waals surface area contributed by atoms with Crippen LogP contribution in [0.2, 0.25) is 0 Å². The molecule has 1 amide bonds. The third-order valence-electron chi connectivity index (χ3n) is 4.93. The number of phosphoric acid groups is 1. The summed E-state index contributed by atoms with van der Waals surface area (Å²) in [5.74, 6) is -11.1. The van der Waals surface area contributed by atoms with Crippen LogP contribution >= 0.6 is 7.82 Å². The number of nitrogens with two attached hydrogens (primary N) is 1. The van der Waals surface area contributed by atoms with E-state index in [4.69, 9.17) is 21.1 Å². The van der Waals surface area contributed by atoms with Crippen molar-refractivity contribution in [1.82, 2.24) is 4.90 Å². The van der Waals surface area contributed by atoms with Gasteiger partial charge in [-0.05, 0) is 31.3 Å². The van der Waals surface area contributed by atoms with Crippen LogP contribution in [0.3, 0.4) is 0 Å². The molecule has 16 heteroatoms. The largest absolute Gasteiger partial charge is 0.469 e. The highest BCUT2D eigenvalue weighted by Gasteiger charge is 2.47. The predicted molar refractivity (Wildman–Crippen MR) is 104 cm³/mol. The molecule has 1 unspecified atom stereocenters. The second-order valence-corrected chi connectivity index (χ2v) is 8.28. The van der Waals surface area contributed by atoms with Gasteiger partial charge in [0.25, 0.3) is 0 Å². The first-order valence-corrected chi connectivity index (χ1v) is 11.2. The monoisotopic (exact) mass is 497 g/mol. The van der Waals surface area contributed by atoms with Crippen molar-refractivity contribution >= 4 is 25.2 Å². The normalized spacial score (nSPS) is 18.3. The Hall–Kier alpha value is -2.54. The molecule has 1 heterocycles. The number of halogens is 4. The molecule has 0 aromatic heterocycles. The Balaban J connectivity index is 2.50. The topological polar surface area (TPSA) is 179 Å². The van der Waals surface area contributed by atoms with E-state index >= 15 is 0 Å². The highest BCUT2D eigenvalue weighted by atomic mass is 31.2. The van der Waals surface area contributed by atoms with Gasteiger partial charge in [0, 0.05) is 17.9 Å². The third-order valence-corrected chi connectivity index (χ3v) is 5.48. The van der Waals surface area contributed by atoms with Crippen LogP contribution in [-0.4, -0.2) is 51.6 Å². The van der Waals surface area contributed by atoms with Crippen molar-refractivity contribution < 1.29 is 46.0 Å². The minimum absolute atomic E-state index is 0.129. The molecule has 1 aromatic carbocycles. The Bertz CT molecular complexity index is 1000. The Labute approximate surface area is 184 Å². The minimum Gasteiger partial charge on any atom is -0.330 e. The number of benzene rings is 1. The molecule has 1 aliphatic rings. The molecule has 182 valence electrons. The van der Waals surface area contributed by atoms with E-state index in [0.717, 1.165) is 4.90 Å². The van der Waals surface area contributed by atoms with Gasteiger partial charge >= 0.3 is 7.82 Å². The van der Waals surface area contributed by atoms with Crippen molar-refractivity contribution in [2.45, 2.75) is 44.2 Å². The summed E-state index contributed by atoms with van der Waals surface area (Å²) in [7, 11) is -5.23. The lowest BCUT2D eigenvalue weighted by atomic mass is 9.98. The van der Waals surface area contributed by atoms with Crippen molar-refractivity contribution in [3.8, 4) is 0 Å². The number of rotatable bonds is 10. The van der Waals surface area contributed by atoms with Crippen molar-refractivity contribution in [3.05, 3.63) is 39.3 Å². The van der Waals surface area contributed by atoms with E-state index in [9.17, 15) is 31.7 Å². The molecule has 0 spiro atoms. The number of amides is 1. The molecule has 1 aromatic rings. The third kappa shape index (κ3) is 6.08. The lowest BCUT2D eigenvalue weighted by Gasteiger charge is -2.27. The Morgan fingerprint density at radius 2 is 1.76 bits per heavy atom. The van der Waals surface area contributed by atoms with Crippen LogP contribution in [0.1, 0.15) is 42.5 Å². The van der Waals surface area contributed by atoms with Crippen molar-refractivity contribution in [2.75, 3.05) is 13.1 Å². The van der Waals surface area contributed by atoms with Gasteiger partial charge in [0.15, 0.2) is 29.1 Å². The average Bonchev–Trinajstić information content (AvgIpc) is 3.14. The van der Waals surface area contributed by atoms with Crippen molar-refractivity contribution in [3.63, 3.8) is 0 Å². The molecule has 1 aliphatic heterocycles. The van der Waals surface area contributed by atoms with E-state index in [-0.39, 0.29) is 19.4 Å². The highest BCUT2D eigenvalue weighted by Crippen LogP contribution is 2.42. The summed E-state index contributed by atoms with van der Waals surface area (Å²) in [6.07, 6.45) is -0.654. The fraction of sp³-hybridized carbons (Fsp3) is 0.529. The molecule has 4 N–H and O–H groups in total. The number of azide groups is 1. The zero-order valence-electron chi connectivity index (χ0n) is 17.0. The summed E-state index contributed by atoms with van der Waals surface area (Å²) < 4.78 is 73.2. The smallest absolute Gasteiger partial charge is 0.330 e. The molecular formula is C17H20F4N5O6P. The first kappa shape index (κ1) is 26.7. The molecule has 0 aliphatic carbocycles. The van der Waals surface area contributed by atoms with Gasteiger partial charge in [-0.15, -0.1) is 0 Å². The summed E-state index contributed by atoms with van der Waals surface area (Å²) in [5, 5.41) is 2.52. The second kappa shape index (κ2) is 11.1. The quantitative estimate of drug-likeness (QED) is 0.0650. The molecule has 0 bridgehead atoms. The SMILES string of the molecule is [N-]=[N+]=Nc1c(F)c(F)c(C(=O)[C@@H]2C(OP(=O)(O)O)CCN2C(=O)CCCCCN)c(F)c1F. The molecule has 11 nitrogen and oxygen atoms in total.